The fourth-order valence-corrected chi connectivity index (χ4v) is 3.14. The van der Waals surface area contributed by atoms with Gasteiger partial charge in [-0.1, -0.05) is 18.9 Å². The highest BCUT2D eigenvalue weighted by Crippen LogP contribution is 2.34. The van der Waals surface area contributed by atoms with Crippen molar-refractivity contribution in [1.29, 1.82) is 0 Å². The molecule has 116 valence electrons. The smallest absolute Gasteiger partial charge is 0.231 e. The SMILES string of the molecule is COc1cc(C(C)N(CC(N)=O)C2CCCC2)ccc1O. The summed E-state index contributed by atoms with van der Waals surface area (Å²) in [5.74, 6) is 0.264. The van der Waals surface area contributed by atoms with E-state index in [0.29, 0.717) is 11.8 Å². The van der Waals surface area contributed by atoms with Crippen molar-refractivity contribution < 1.29 is 14.6 Å². The molecule has 5 heteroatoms. The zero-order chi connectivity index (χ0) is 15.4. The number of phenolic OH excluding ortho intramolecular Hbond substituents is 1. The first-order valence-corrected chi connectivity index (χ1v) is 7.44. The number of hydrogen-bond acceptors (Lipinski definition) is 4. The summed E-state index contributed by atoms with van der Waals surface area (Å²) in [7, 11) is 1.53. The molecule has 2 rings (SSSR count). The molecule has 0 aliphatic heterocycles. The number of amides is 1. The third-order valence-electron chi connectivity index (χ3n) is 4.32. The molecule has 0 radical (unpaired) electrons. The van der Waals surface area contributed by atoms with E-state index in [1.165, 1.54) is 20.0 Å². The molecule has 1 aliphatic carbocycles. The van der Waals surface area contributed by atoms with Gasteiger partial charge in [0, 0.05) is 12.1 Å². The van der Waals surface area contributed by atoms with Crippen molar-refractivity contribution in [3.63, 3.8) is 0 Å². The van der Waals surface area contributed by atoms with Gasteiger partial charge < -0.3 is 15.6 Å². The summed E-state index contributed by atoms with van der Waals surface area (Å²) in [6.45, 7) is 2.32. The average Bonchev–Trinajstić information content (AvgIpc) is 2.98. The Morgan fingerprint density at radius 2 is 2.14 bits per heavy atom. The van der Waals surface area contributed by atoms with Crippen LogP contribution in [0.1, 0.15) is 44.2 Å². The van der Waals surface area contributed by atoms with Gasteiger partial charge in [-0.15, -0.1) is 0 Å². The molecule has 0 heterocycles. The molecule has 1 fully saturated rings. The van der Waals surface area contributed by atoms with Gasteiger partial charge in [0.1, 0.15) is 0 Å². The van der Waals surface area contributed by atoms with E-state index in [1.54, 1.807) is 6.07 Å². The van der Waals surface area contributed by atoms with Crippen LogP contribution in [0.5, 0.6) is 11.5 Å². The highest BCUT2D eigenvalue weighted by molar-refractivity contribution is 5.76. The summed E-state index contributed by atoms with van der Waals surface area (Å²) in [6.07, 6.45) is 4.61. The molecule has 0 aromatic heterocycles. The average molecular weight is 292 g/mol. The summed E-state index contributed by atoms with van der Waals surface area (Å²) in [6, 6.07) is 5.76. The number of carbonyl (C=O) groups excluding carboxylic acids is 1. The summed E-state index contributed by atoms with van der Waals surface area (Å²) in [5.41, 5.74) is 6.42. The Morgan fingerprint density at radius 1 is 1.48 bits per heavy atom. The number of rotatable bonds is 6. The predicted molar refractivity (Wildman–Crippen MR) is 81.2 cm³/mol. The fourth-order valence-electron chi connectivity index (χ4n) is 3.14. The molecule has 1 saturated carbocycles. The van der Waals surface area contributed by atoms with Crippen molar-refractivity contribution in [3.05, 3.63) is 23.8 Å². The van der Waals surface area contributed by atoms with E-state index in [2.05, 4.69) is 11.8 Å². The lowest BCUT2D eigenvalue weighted by molar-refractivity contribution is -0.120. The van der Waals surface area contributed by atoms with E-state index >= 15 is 0 Å². The van der Waals surface area contributed by atoms with Crippen LogP contribution in [0.2, 0.25) is 0 Å². The van der Waals surface area contributed by atoms with Gasteiger partial charge in [-0.25, -0.2) is 0 Å². The van der Waals surface area contributed by atoms with Crippen molar-refractivity contribution >= 4 is 5.91 Å². The standard InChI is InChI=1S/C16H24N2O3/c1-11(12-7-8-14(19)15(9-12)21-2)18(10-16(17)20)13-5-3-4-6-13/h7-9,11,13,19H,3-6,10H2,1-2H3,(H2,17,20). The van der Waals surface area contributed by atoms with Crippen LogP contribution in [0.15, 0.2) is 18.2 Å². The van der Waals surface area contributed by atoms with Gasteiger partial charge in [-0.05, 0) is 37.5 Å². The molecule has 1 aromatic rings. The lowest BCUT2D eigenvalue weighted by Crippen LogP contribution is -2.41. The van der Waals surface area contributed by atoms with Gasteiger partial charge in [0.15, 0.2) is 11.5 Å². The first-order valence-electron chi connectivity index (χ1n) is 7.44. The van der Waals surface area contributed by atoms with Gasteiger partial charge in [0.05, 0.1) is 13.7 Å². The molecule has 21 heavy (non-hydrogen) atoms. The van der Waals surface area contributed by atoms with E-state index in [0.717, 1.165) is 18.4 Å². The van der Waals surface area contributed by atoms with Crippen molar-refractivity contribution in [1.82, 2.24) is 4.90 Å². The van der Waals surface area contributed by atoms with Crippen LogP contribution in [0, 0.1) is 0 Å². The third kappa shape index (κ3) is 3.67. The van der Waals surface area contributed by atoms with E-state index in [1.807, 2.05) is 12.1 Å². The highest BCUT2D eigenvalue weighted by atomic mass is 16.5. The van der Waals surface area contributed by atoms with Gasteiger partial charge in [-0.3, -0.25) is 9.69 Å². The van der Waals surface area contributed by atoms with Crippen LogP contribution < -0.4 is 10.5 Å². The minimum Gasteiger partial charge on any atom is -0.504 e. The first-order chi connectivity index (χ1) is 10.0. The second-order valence-corrected chi connectivity index (χ2v) is 5.68. The molecule has 1 unspecified atom stereocenters. The normalized spacial score (nSPS) is 17.1. The molecular weight excluding hydrogens is 268 g/mol. The maximum absolute atomic E-state index is 11.4. The number of nitrogens with zero attached hydrogens (tertiary/aromatic N) is 1. The minimum atomic E-state index is -0.306. The molecular formula is C16H24N2O3. The molecule has 0 saturated heterocycles. The Balaban J connectivity index is 2.23. The van der Waals surface area contributed by atoms with Crippen LogP contribution in [0.4, 0.5) is 0 Å². The monoisotopic (exact) mass is 292 g/mol. The third-order valence-corrected chi connectivity index (χ3v) is 4.32. The van der Waals surface area contributed by atoms with E-state index in [9.17, 15) is 9.90 Å². The lowest BCUT2D eigenvalue weighted by atomic mass is 10.0. The summed E-state index contributed by atoms with van der Waals surface area (Å²) >= 11 is 0. The molecule has 1 aliphatic rings. The Labute approximate surface area is 125 Å². The number of nitrogens with two attached hydrogens (primary N) is 1. The van der Waals surface area contributed by atoms with Crippen LogP contribution in [0.25, 0.3) is 0 Å². The van der Waals surface area contributed by atoms with Crippen molar-refractivity contribution in [2.24, 2.45) is 5.73 Å². The zero-order valence-corrected chi connectivity index (χ0v) is 12.7. The predicted octanol–water partition coefficient (Wildman–Crippen LogP) is 2.19. The van der Waals surface area contributed by atoms with E-state index in [4.69, 9.17) is 10.5 Å². The van der Waals surface area contributed by atoms with Crippen molar-refractivity contribution in [2.75, 3.05) is 13.7 Å². The molecule has 5 nitrogen and oxygen atoms in total. The first kappa shape index (κ1) is 15.6. The number of methoxy groups -OCH3 is 1. The molecule has 1 amide bonds. The van der Waals surface area contributed by atoms with Gasteiger partial charge in [-0.2, -0.15) is 0 Å². The highest BCUT2D eigenvalue weighted by Gasteiger charge is 2.28. The van der Waals surface area contributed by atoms with Crippen LogP contribution in [-0.4, -0.2) is 35.6 Å². The molecule has 0 bridgehead atoms. The van der Waals surface area contributed by atoms with Gasteiger partial charge in [0.2, 0.25) is 5.91 Å². The molecule has 1 aromatic carbocycles. The Hall–Kier alpha value is -1.75. The van der Waals surface area contributed by atoms with E-state index in [-0.39, 0.29) is 24.2 Å². The van der Waals surface area contributed by atoms with E-state index < -0.39 is 0 Å². The Kier molecular flexibility index (Phi) is 5.07. The Bertz CT molecular complexity index is 498. The number of carbonyl (C=O) groups is 1. The second kappa shape index (κ2) is 6.80. The second-order valence-electron chi connectivity index (χ2n) is 5.68. The number of aromatic hydroxyl groups is 1. The maximum Gasteiger partial charge on any atom is 0.231 e. The van der Waals surface area contributed by atoms with Crippen LogP contribution >= 0.6 is 0 Å². The summed E-state index contributed by atoms with van der Waals surface area (Å²) < 4.78 is 5.16. The largest absolute Gasteiger partial charge is 0.504 e. The minimum absolute atomic E-state index is 0.0510. The Morgan fingerprint density at radius 3 is 2.71 bits per heavy atom. The topological polar surface area (TPSA) is 75.8 Å². The molecule has 1 atom stereocenters. The van der Waals surface area contributed by atoms with Crippen LogP contribution in [-0.2, 0) is 4.79 Å². The van der Waals surface area contributed by atoms with Crippen molar-refractivity contribution in [3.8, 4) is 11.5 Å². The number of phenols is 1. The molecule has 0 spiro atoms. The lowest BCUT2D eigenvalue weighted by Gasteiger charge is -2.34. The van der Waals surface area contributed by atoms with Crippen LogP contribution in [0.3, 0.4) is 0 Å². The quantitative estimate of drug-likeness (QED) is 0.842. The summed E-state index contributed by atoms with van der Waals surface area (Å²) in [5, 5.41) is 9.70. The van der Waals surface area contributed by atoms with Gasteiger partial charge >= 0.3 is 0 Å². The van der Waals surface area contributed by atoms with Crippen molar-refractivity contribution in [2.45, 2.75) is 44.7 Å². The van der Waals surface area contributed by atoms with Gasteiger partial charge in [0.25, 0.3) is 0 Å². The number of primary amides is 1. The number of hydrogen-bond donors (Lipinski definition) is 2. The number of ether oxygens (including phenoxy) is 1. The molecule has 3 N–H and O–H groups in total. The summed E-state index contributed by atoms with van der Waals surface area (Å²) in [4.78, 5) is 13.6. The number of benzene rings is 1. The fraction of sp³-hybridized carbons (Fsp3) is 0.562. The zero-order valence-electron chi connectivity index (χ0n) is 12.7. The maximum atomic E-state index is 11.4.